The van der Waals surface area contributed by atoms with E-state index in [1.807, 2.05) is 44.2 Å². The van der Waals surface area contributed by atoms with Gasteiger partial charge in [0.25, 0.3) is 5.92 Å². The van der Waals surface area contributed by atoms with Gasteiger partial charge in [-0.15, -0.1) is 5.10 Å². The molecule has 216 valence electrons. The van der Waals surface area contributed by atoms with Crippen molar-refractivity contribution in [1.29, 1.82) is 0 Å². The van der Waals surface area contributed by atoms with Crippen LogP contribution in [0.5, 0.6) is 0 Å². The molecule has 0 saturated heterocycles. The van der Waals surface area contributed by atoms with E-state index in [9.17, 15) is 13.9 Å². The Kier molecular flexibility index (Phi) is 6.98. The first-order valence-corrected chi connectivity index (χ1v) is 14.2. The first-order chi connectivity index (χ1) is 19.9. The van der Waals surface area contributed by atoms with E-state index in [2.05, 4.69) is 20.6 Å². The molecule has 1 fully saturated rings. The van der Waals surface area contributed by atoms with Crippen LogP contribution in [0, 0.1) is 13.8 Å². The van der Waals surface area contributed by atoms with Crippen molar-refractivity contribution in [2.45, 2.75) is 57.6 Å². The number of nitrogens with one attached hydrogen (secondary N) is 1. The SMILES string of the molecule is Cc1ccc(C(O)(c2ccc3nc(NC4CC4)c(Cc4ccc(C(C)(F)F)cc4)c(Cl)c3c2)c2cnnn2C)c(C)n1. The summed E-state index contributed by atoms with van der Waals surface area (Å²) in [4.78, 5) is 9.54. The number of hydrogen-bond donors (Lipinski definition) is 2. The first-order valence-electron chi connectivity index (χ1n) is 13.8. The molecule has 0 bridgehead atoms. The number of aryl methyl sites for hydroxylation is 3. The van der Waals surface area contributed by atoms with Gasteiger partial charge in [-0.3, -0.25) is 4.98 Å². The molecule has 0 amide bonds. The number of nitrogens with zero attached hydrogens (tertiary/aromatic N) is 5. The van der Waals surface area contributed by atoms with Gasteiger partial charge >= 0.3 is 0 Å². The summed E-state index contributed by atoms with van der Waals surface area (Å²) in [5.74, 6) is -2.24. The van der Waals surface area contributed by atoms with Crippen LogP contribution in [0.1, 0.15) is 64.7 Å². The molecular formula is C32H31ClF2N6O. The van der Waals surface area contributed by atoms with Crippen molar-refractivity contribution in [3.63, 3.8) is 0 Å². The normalized spacial score (nSPS) is 15.1. The van der Waals surface area contributed by atoms with E-state index in [4.69, 9.17) is 16.6 Å². The van der Waals surface area contributed by atoms with Crippen LogP contribution in [0.3, 0.4) is 0 Å². The van der Waals surface area contributed by atoms with Crippen LogP contribution < -0.4 is 5.32 Å². The molecule has 5 aromatic rings. The molecule has 42 heavy (non-hydrogen) atoms. The summed E-state index contributed by atoms with van der Waals surface area (Å²) in [6, 6.07) is 15.9. The second kappa shape index (κ2) is 10.4. The molecule has 1 saturated carbocycles. The Morgan fingerprint density at radius 2 is 1.74 bits per heavy atom. The number of pyridine rings is 2. The van der Waals surface area contributed by atoms with Gasteiger partial charge < -0.3 is 10.4 Å². The topological polar surface area (TPSA) is 88.8 Å². The highest BCUT2D eigenvalue weighted by atomic mass is 35.5. The van der Waals surface area contributed by atoms with Crippen molar-refractivity contribution < 1.29 is 13.9 Å². The zero-order chi connectivity index (χ0) is 29.8. The lowest BCUT2D eigenvalue weighted by molar-refractivity contribution is 0.0174. The lowest BCUT2D eigenvalue weighted by atomic mass is 9.82. The Balaban J connectivity index is 1.51. The molecule has 1 aliphatic carbocycles. The van der Waals surface area contributed by atoms with Crippen LogP contribution in [-0.2, 0) is 25.0 Å². The average molecular weight is 589 g/mol. The number of benzene rings is 2. The van der Waals surface area contributed by atoms with Gasteiger partial charge in [-0.2, -0.15) is 0 Å². The first kappa shape index (κ1) is 28.2. The van der Waals surface area contributed by atoms with E-state index in [0.29, 0.717) is 56.7 Å². The molecule has 2 N–H and O–H groups in total. The number of anilines is 1. The maximum absolute atomic E-state index is 13.8. The van der Waals surface area contributed by atoms with E-state index >= 15 is 0 Å². The minimum Gasteiger partial charge on any atom is -0.374 e. The minimum atomic E-state index is -2.92. The van der Waals surface area contributed by atoms with Gasteiger partial charge in [0.05, 0.1) is 22.4 Å². The zero-order valence-corrected chi connectivity index (χ0v) is 24.5. The van der Waals surface area contributed by atoms with Gasteiger partial charge in [-0.1, -0.05) is 53.2 Å². The zero-order valence-electron chi connectivity index (χ0n) is 23.8. The van der Waals surface area contributed by atoms with Gasteiger partial charge in [-0.05, 0) is 56.0 Å². The second-order valence-electron chi connectivity index (χ2n) is 11.2. The largest absolute Gasteiger partial charge is 0.374 e. The third-order valence-electron chi connectivity index (χ3n) is 7.89. The summed E-state index contributed by atoms with van der Waals surface area (Å²) >= 11 is 7.16. The maximum atomic E-state index is 13.8. The molecule has 0 radical (unpaired) electrons. The Morgan fingerprint density at radius 3 is 2.36 bits per heavy atom. The number of rotatable bonds is 8. The molecule has 0 aliphatic heterocycles. The van der Waals surface area contributed by atoms with Crippen LogP contribution in [0.15, 0.2) is 60.8 Å². The third kappa shape index (κ3) is 5.12. The van der Waals surface area contributed by atoms with E-state index in [-0.39, 0.29) is 5.56 Å². The van der Waals surface area contributed by atoms with Gasteiger partial charge in [0.1, 0.15) is 5.82 Å². The van der Waals surface area contributed by atoms with E-state index in [1.54, 1.807) is 30.1 Å². The van der Waals surface area contributed by atoms with Crippen molar-refractivity contribution in [1.82, 2.24) is 25.0 Å². The third-order valence-corrected chi connectivity index (χ3v) is 8.33. The van der Waals surface area contributed by atoms with Crippen LogP contribution in [-0.4, -0.2) is 36.1 Å². The number of hydrogen-bond acceptors (Lipinski definition) is 6. The highest BCUT2D eigenvalue weighted by Gasteiger charge is 2.39. The molecular weight excluding hydrogens is 558 g/mol. The molecule has 3 aromatic heterocycles. The van der Waals surface area contributed by atoms with Crippen LogP contribution in [0.4, 0.5) is 14.6 Å². The summed E-state index contributed by atoms with van der Waals surface area (Å²) in [6.07, 6.45) is 4.03. The predicted octanol–water partition coefficient (Wildman–Crippen LogP) is 6.59. The Bertz CT molecular complexity index is 1800. The summed E-state index contributed by atoms with van der Waals surface area (Å²) in [7, 11) is 1.73. The Morgan fingerprint density at radius 1 is 1.02 bits per heavy atom. The van der Waals surface area contributed by atoms with E-state index in [1.165, 1.54) is 12.1 Å². The maximum Gasteiger partial charge on any atom is 0.270 e. The number of fused-ring (bicyclic) bond motifs is 1. The van der Waals surface area contributed by atoms with Gasteiger partial charge in [0.15, 0.2) is 5.60 Å². The fourth-order valence-corrected chi connectivity index (χ4v) is 5.75. The van der Waals surface area contributed by atoms with E-state index in [0.717, 1.165) is 36.6 Å². The smallest absolute Gasteiger partial charge is 0.270 e. The van der Waals surface area contributed by atoms with Crippen molar-refractivity contribution >= 4 is 28.3 Å². The van der Waals surface area contributed by atoms with Crippen LogP contribution >= 0.6 is 11.6 Å². The molecule has 6 rings (SSSR count). The van der Waals surface area contributed by atoms with Crippen molar-refractivity contribution in [3.8, 4) is 0 Å². The van der Waals surface area contributed by atoms with Gasteiger partial charge in [0, 0.05) is 59.9 Å². The Hall–Kier alpha value is -3.95. The van der Waals surface area contributed by atoms with Gasteiger partial charge in [0.2, 0.25) is 0 Å². The number of aromatic nitrogens is 5. The summed E-state index contributed by atoms with van der Waals surface area (Å²) < 4.78 is 29.2. The summed E-state index contributed by atoms with van der Waals surface area (Å²) in [5.41, 5.74) is 3.73. The standard InChI is InChI=1S/C32H31ClF2N6O/c1-18-5-13-26(19(2)37-18)32(42,28-17-36-40-41(28)4)22-10-14-27-24(16-22)29(33)25(30(39-27)38-23-11-12-23)15-20-6-8-21(9-7-20)31(3,34)35/h5-10,13-14,16-17,23,42H,11-12,15H2,1-4H3,(H,38,39). The lowest BCUT2D eigenvalue weighted by Gasteiger charge is -2.30. The molecule has 3 heterocycles. The monoisotopic (exact) mass is 588 g/mol. The van der Waals surface area contributed by atoms with Crippen LogP contribution in [0.25, 0.3) is 10.9 Å². The summed E-state index contributed by atoms with van der Waals surface area (Å²) in [5, 5.41) is 25.3. The number of aliphatic hydroxyl groups is 1. The lowest BCUT2D eigenvalue weighted by Crippen LogP contribution is -2.32. The number of alkyl halides is 2. The quantitative estimate of drug-likeness (QED) is 0.213. The summed E-state index contributed by atoms with van der Waals surface area (Å²) in [6.45, 7) is 4.65. The second-order valence-corrected chi connectivity index (χ2v) is 11.6. The Labute approximate surface area is 247 Å². The average Bonchev–Trinajstić information content (AvgIpc) is 3.66. The molecule has 7 nitrogen and oxygen atoms in total. The van der Waals surface area contributed by atoms with Crippen LogP contribution in [0.2, 0.25) is 5.02 Å². The molecule has 2 aromatic carbocycles. The predicted molar refractivity (Wildman–Crippen MR) is 159 cm³/mol. The minimum absolute atomic E-state index is 0.0419. The van der Waals surface area contributed by atoms with Crippen molar-refractivity contribution in [2.75, 3.05) is 5.32 Å². The molecule has 0 spiro atoms. The number of halogens is 3. The highest BCUT2D eigenvalue weighted by Crippen LogP contribution is 2.41. The van der Waals surface area contributed by atoms with Gasteiger partial charge in [-0.25, -0.2) is 18.4 Å². The molecule has 1 aliphatic rings. The molecule has 1 atom stereocenters. The highest BCUT2D eigenvalue weighted by molar-refractivity contribution is 6.36. The fourth-order valence-electron chi connectivity index (χ4n) is 5.44. The molecule has 10 heteroatoms. The van der Waals surface area contributed by atoms with Crippen molar-refractivity contribution in [3.05, 3.63) is 111 Å². The van der Waals surface area contributed by atoms with Crippen molar-refractivity contribution in [2.24, 2.45) is 7.05 Å². The molecule has 1 unspecified atom stereocenters. The van der Waals surface area contributed by atoms with E-state index < -0.39 is 11.5 Å². The fraction of sp³-hybridized carbons (Fsp3) is 0.312.